The van der Waals surface area contributed by atoms with Crippen LogP contribution in [0.2, 0.25) is 0 Å². The zero-order chi connectivity index (χ0) is 7.11. The van der Waals surface area contributed by atoms with Gasteiger partial charge in [-0.25, -0.2) is 0 Å². The van der Waals surface area contributed by atoms with Gasteiger partial charge >= 0.3 is 0 Å². The zero-order valence-electron chi connectivity index (χ0n) is 5.64. The van der Waals surface area contributed by atoms with Gasteiger partial charge in [-0.3, -0.25) is 4.79 Å². The molecule has 0 aromatic rings. The minimum atomic E-state index is -0.0351. The molecule has 1 amide bonds. The Morgan fingerprint density at radius 1 is 1.78 bits per heavy atom. The first-order valence-corrected chi connectivity index (χ1v) is 2.86. The van der Waals surface area contributed by atoms with Crippen LogP contribution >= 0.6 is 0 Å². The number of nitrogens with one attached hydrogen (secondary N) is 1. The third kappa shape index (κ3) is 5.26. The van der Waals surface area contributed by atoms with Gasteiger partial charge in [-0.05, 0) is 0 Å². The molecular weight excluding hydrogens is 120 g/mol. The van der Waals surface area contributed by atoms with Crippen LogP contribution in [0.3, 0.4) is 0 Å². The van der Waals surface area contributed by atoms with Crippen LogP contribution in [0.1, 0.15) is 0 Å². The Kier molecular flexibility index (Phi) is 5.15. The fourth-order valence-corrected chi connectivity index (χ4v) is 0.381. The molecule has 0 aromatic carbocycles. The number of carbonyl (C=O) groups is 1. The number of hydrogen-bond acceptors (Lipinski definition) is 2. The summed E-state index contributed by atoms with van der Waals surface area (Å²) in [6, 6.07) is 0. The van der Waals surface area contributed by atoms with Crippen LogP contribution in [0, 0.1) is 0 Å². The molecule has 0 heterocycles. The van der Waals surface area contributed by atoms with E-state index in [1.165, 1.54) is 0 Å². The maximum Gasteiger partial charge on any atom is 0.275 e. The van der Waals surface area contributed by atoms with Crippen LogP contribution < -0.4 is 11.1 Å². The van der Waals surface area contributed by atoms with Crippen LogP contribution in [0.15, 0.2) is 0 Å². The highest BCUT2D eigenvalue weighted by Gasteiger charge is 1.95. The number of quaternary nitrogens is 1. The minimum absolute atomic E-state index is 0.0351. The Bertz CT molecular complexity index is 85.0. The molecule has 0 aliphatic heterocycles. The summed E-state index contributed by atoms with van der Waals surface area (Å²) in [4.78, 5) is 10.5. The Balaban J connectivity index is 2.97. The average Bonchev–Trinajstić information content (AvgIpc) is 1.89. The summed E-state index contributed by atoms with van der Waals surface area (Å²) in [6.45, 7) is 1.43. The van der Waals surface area contributed by atoms with E-state index in [-0.39, 0.29) is 5.91 Å². The lowest BCUT2D eigenvalue weighted by Crippen LogP contribution is -2.57. The number of methoxy groups -OCH3 is 1. The summed E-state index contributed by atoms with van der Waals surface area (Å²) in [5, 5.41) is 2.61. The van der Waals surface area contributed by atoms with Gasteiger partial charge in [-0.15, -0.1) is 0 Å². The normalized spacial score (nSPS) is 9.11. The highest BCUT2D eigenvalue weighted by Crippen LogP contribution is 1.63. The third-order valence-electron chi connectivity index (χ3n) is 0.855. The van der Waals surface area contributed by atoms with Gasteiger partial charge in [-0.2, -0.15) is 0 Å². The van der Waals surface area contributed by atoms with Crippen molar-refractivity contribution in [3.8, 4) is 0 Å². The van der Waals surface area contributed by atoms with Crippen molar-refractivity contribution in [3.63, 3.8) is 0 Å². The van der Waals surface area contributed by atoms with Gasteiger partial charge in [-0.1, -0.05) is 0 Å². The van der Waals surface area contributed by atoms with Gasteiger partial charge in [0.1, 0.15) is 0 Å². The van der Waals surface area contributed by atoms with Crippen LogP contribution in [0.25, 0.3) is 0 Å². The monoisotopic (exact) mass is 133 g/mol. The van der Waals surface area contributed by atoms with Crippen molar-refractivity contribution < 1.29 is 15.3 Å². The molecule has 0 unspecified atom stereocenters. The molecule has 0 spiro atoms. The van der Waals surface area contributed by atoms with E-state index in [1.54, 1.807) is 7.11 Å². The summed E-state index contributed by atoms with van der Waals surface area (Å²) >= 11 is 0. The smallest absolute Gasteiger partial charge is 0.275 e. The molecule has 0 atom stereocenters. The maximum atomic E-state index is 10.5. The first-order chi connectivity index (χ1) is 4.31. The van der Waals surface area contributed by atoms with Crippen LogP contribution in [0.5, 0.6) is 0 Å². The molecule has 0 radical (unpaired) electrons. The zero-order valence-corrected chi connectivity index (χ0v) is 5.64. The third-order valence-corrected chi connectivity index (χ3v) is 0.855. The fraction of sp³-hybridized carbons (Fsp3) is 0.800. The van der Waals surface area contributed by atoms with Crippen molar-refractivity contribution >= 4 is 5.91 Å². The topological polar surface area (TPSA) is 66.0 Å². The Labute approximate surface area is 54.4 Å². The molecule has 0 aliphatic carbocycles. The number of amides is 1. The number of ether oxygens (including phenoxy) is 1. The number of carbonyl (C=O) groups excluding carboxylic acids is 1. The predicted octanol–water partition coefficient (Wildman–Crippen LogP) is -2.01. The van der Waals surface area contributed by atoms with Crippen molar-refractivity contribution in [1.82, 2.24) is 5.32 Å². The van der Waals surface area contributed by atoms with Crippen molar-refractivity contribution in [2.45, 2.75) is 0 Å². The highest BCUT2D eigenvalue weighted by atomic mass is 16.5. The van der Waals surface area contributed by atoms with Gasteiger partial charge in [0.2, 0.25) is 0 Å². The Morgan fingerprint density at radius 2 is 2.44 bits per heavy atom. The van der Waals surface area contributed by atoms with E-state index in [9.17, 15) is 4.79 Å². The molecule has 4 heteroatoms. The second-order valence-corrected chi connectivity index (χ2v) is 1.59. The molecule has 54 valence electrons. The van der Waals surface area contributed by atoms with E-state index in [4.69, 9.17) is 4.74 Å². The lowest BCUT2D eigenvalue weighted by atomic mass is 10.6. The summed E-state index contributed by atoms with van der Waals surface area (Å²) in [5.74, 6) is -0.0351. The van der Waals surface area contributed by atoms with Gasteiger partial charge in [0.25, 0.3) is 5.91 Å². The number of hydrogen-bond donors (Lipinski definition) is 2. The van der Waals surface area contributed by atoms with Gasteiger partial charge in [0, 0.05) is 13.7 Å². The minimum Gasteiger partial charge on any atom is -0.383 e. The highest BCUT2D eigenvalue weighted by molar-refractivity contribution is 5.76. The first-order valence-electron chi connectivity index (χ1n) is 2.86. The second-order valence-electron chi connectivity index (χ2n) is 1.59. The summed E-state index contributed by atoms with van der Waals surface area (Å²) in [7, 11) is 1.59. The Morgan fingerprint density at radius 3 is 2.89 bits per heavy atom. The lowest BCUT2D eigenvalue weighted by Gasteiger charge is -1.98. The quantitative estimate of drug-likeness (QED) is 0.435. The molecule has 4 N–H and O–H groups in total. The molecule has 0 aromatic heterocycles. The fourth-order valence-electron chi connectivity index (χ4n) is 0.381. The Hall–Kier alpha value is -0.610. The van der Waals surface area contributed by atoms with Crippen molar-refractivity contribution in [2.24, 2.45) is 0 Å². The largest absolute Gasteiger partial charge is 0.383 e. The molecular formula is C5H13N2O2+. The predicted molar refractivity (Wildman–Crippen MR) is 32.6 cm³/mol. The van der Waals surface area contributed by atoms with Gasteiger partial charge in [0.15, 0.2) is 6.54 Å². The van der Waals surface area contributed by atoms with E-state index in [1.807, 2.05) is 0 Å². The van der Waals surface area contributed by atoms with Gasteiger partial charge < -0.3 is 15.8 Å². The molecule has 4 nitrogen and oxygen atoms in total. The maximum absolute atomic E-state index is 10.5. The number of rotatable bonds is 4. The van der Waals surface area contributed by atoms with Gasteiger partial charge in [0.05, 0.1) is 6.61 Å². The molecule has 0 saturated heterocycles. The molecule has 0 saturated carbocycles. The molecule has 0 aliphatic rings. The van der Waals surface area contributed by atoms with Crippen molar-refractivity contribution in [2.75, 3.05) is 26.8 Å². The molecule has 9 heavy (non-hydrogen) atoms. The van der Waals surface area contributed by atoms with Crippen LogP contribution in [-0.4, -0.2) is 32.7 Å². The van der Waals surface area contributed by atoms with E-state index >= 15 is 0 Å². The van der Waals surface area contributed by atoms with E-state index in [0.29, 0.717) is 19.7 Å². The summed E-state index contributed by atoms with van der Waals surface area (Å²) in [5.41, 5.74) is 3.41. The molecule has 0 bridgehead atoms. The van der Waals surface area contributed by atoms with Crippen molar-refractivity contribution in [1.29, 1.82) is 0 Å². The van der Waals surface area contributed by atoms with E-state index in [2.05, 4.69) is 11.1 Å². The van der Waals surface area contributed by atoms with Crippen molar-refractivity contribution in [3.05, 3.63) is 0 Å². The second kappa shape index (κ2) is 5.53. The van der Waals surface area contributed by atoms with Crippen LogP contribution in [-0.2, 0) is 9.53 Å². The standard InChI is InChI=1S/C5H12N2O2/c1-9-3-2-7-5(8)4-6/h2-4,6H2,1H3,(H,7,8)/p+1. The average molecular weight is 133 g/mol. The molecule has 0 rings (SSSR count). The summed E-state index contributed by atoms with van der Waals surface area (Å²) in [6.07, 6.45) is 0. The SMILES string of the molecule is COCCNC(=O)C[NH3+]. The van der Waals surface area contributed by atoms with Crippen LogP contribution in [0.4, 0.5) is 0 Å². The lowest BCUT2D eigenvalue weighted by molar-refractivity contribution is -0.355. The van der Waals surface area contributed by atoms with E-state index in [0.717, 1.165) is 0 Å². The molecule has 0 fully saturated rings. The first kappa shape index (κ1) is 8.39. The van der Waals surface area contributed by atoms with E-state index < -0.39 is 0 Å². The summed E-state index contributed by atoms with van der Waals surface area (Å²) < 4.78 is 4.70.